The molecule has 0 radical (unpaired) electrons. The van der Waals surface area contributed by atoms with Gasteiger partial charge in [0.25, 0.3) is 0 Å². The van der Waals surface area contributed by atoms with Gasteiger partial charge in [0.15, 0.2) is 5.75 Å². The lowest BCUT2D eigenvalue weighted by molar-refractivity contribution is -0.385. The third kappa shape index (κ3) is 3.69. The number of nitrogens with two attached hydrogens (primary N) is 1. The van der Waals surface area contributed by atoms with Crippen molar-refractivity contribution in [2.45, 2.75) is 12.7 Å². The van der Waals surface area contributed by atoms with Gasteiger partial charge in [0, 0.05) is 18.7 Å². The van der Waals surface area contributed by atoms with E-state index in [0.29, 0.717) is 12.2 Å². The van der Waals surface area contributed by atoms with E-state index in [2.05, 4.69) is 0 Å². The third-order valence-electron chi connectivity index (χ3n) is 3.83. The highest BCUT2D eigenvalue weighted by Gasteiger charge is 2.32. The van der Waals surface area contributed by atoms with E-state index in [-0.39, 0.29) is 24.6 Å². The van der Waals surface area contributed by atoms with Gasteiger partial charge < -0.3 is 15.2 Å². The quantitative estimate of drug-likeness (QED) is 0.637. The Morgan fingerprint density at radius 3 is 2.68 bits per heavy atom. The molecule has 0 saturated carbocycles. The van der Waals surface area contributed by atoms with Crippen LogP contribution in [0.1, 0.15) is 5.56 Å². The van der Waals surface area contributed by atoms with Crippen LogP contribution in [0.3, 0.4) is 0 Å². The average molecular weight is 343 g/mol. The summed E-state index contributed by atoms with van der Waals surface area (Å²) in [4.78, 5) is 24.0. The van der Waals surface area contributed by atoms with Crippen molar-refractivity contribution < 1.29 is 19.2 Å². The Morgan fingerprint density at radius 1 is 1.28 bits per heavy atom. The Balaban J connectivity index is 1.85. The van der Waals surface area contributed by atoms with Gasteiger partial charge in [-0.3, -0.25) is 15.0 Å². The molecule has 8 nitrogen and oxygen atoms in total. The molecule has 0 aromatic heterocycles. The lowest BCUT2D eigenvalue weighted by Crippen LogP contribution is -2.27. The first kappa shape index (κ1) is 16.7. The van der Waals surface area contributed by atoms with Crippen molar-refractivity contribution in [2.24, 2.45) is 5.73 Å². The standard InChI is InChI=1S/C17H17N3O5/c18-9-14-10-19(17(21)25-14)13-6-7-15(20(22)23)16(8-13)24-11-12-4-2-1-3-5-12/h1-8,14H,9-11,18H2/t14-/m0/s1. The fraction of sp³-hybridized carbons (Fsp3) is 0.235. The Labute approximate surface area is 143 Å². The van der Waals surface area contributed by atoms with Gasteiger partial charge in [-0.2, -0.15) is 0 Å². The molecule has 0 unspecified atom stereocenters. The highest BCUT2D eigenvalue weighted by atomic mass is 16.6. The highest BCUT2D eigenvalue weighted by molar-refractivity contribution is 5.90. The topological polar surface area (TPSA) is 108 Å². The van der Waals surface area contributed by atoms with Crippen LogP contribution in [0, 0.1) is 10.1 Å². The first-order valence-corrected chi connectivity index (χ1v) is 7.72. The van der Waals surface area contributed by atoms with E-state index >= 15 is 0 Å². The molecule has 0 spiro atoms. The molecule has 1 aliphatic rings. The first-order valence-electron chi connectivity index (χ1n) is 7.72. The number of anilines is 1. The molecule has 1 saturated heterocycles. The number of benzene rings is 2. The minimum absolute atomic E-state index is 0.0929. The largest absolute Gasteiger partial charge is 0.482 e. The van der Waals surface area contributed by atoms with Gasteiger partial charge in [0.2, 0.25) is 0 Å². The van der Waals surface area contributed by atoms with Crippen LogP contribution in [-0.2, 0) is 11.3 Å². The van der Waals surface area contributed by atoms with Crippen LogP contribution in [0.2, 0.25) is 0 Å². The van der Waals surface area contributed by atoms with Crippen LogP contribution < -0.4 is 15.4 Å². The van der Waals surface area contributed by atoms with E-state index in [1.807, 2.05) is 30.3 Å². The maximum Gasteiger partial charge on any atom is 0.414 e. The highest BCUT2D eigenvalue weighted by Crippen LogP contribution is 2.33. The van der Waals surface area contributed by atoms with Crippen LogP contribution in [0.4, 0.5) is 16.2 Å². The second-order valence-corrected chi connectivity index (χ2v) is 5.54. The van der Waals surface area contributed by atoms with Gasteiger partial charge in [-0.15, -0.1) is 0 Å². The molecular formula is C17H17N3O5. The summed E-state index contributed by atoms with van der Waals surface area (Å²) in [6.45, 7) is 0.693. The van der Waals surface area contributed by atoms with Gasteiger partial charge in [-0.05, 0) is 11.6 Å². The fourth-order valence-corrected chi connectivity index (χ4v) is 2.53. The molecule has 3 rings (SSSR count). The zero-order chi connectivity index (χ0) is 17.8. The molecule has 2 aromatic carbocycles. The molecule has 2 N–H and O–H groups in total. The molecule has 1 fully saturated rings. The second-order valence-electron chi connectivity index (χ2n) is 5.54. The molecule has 8 heteroatoms. The number of carbonyl (C=O) groups is 1. The Hall–Kier alpha value is -3.13. The predicted octanol–water partition coefficient (Wildman–Crippen LogP) is 2.46. The summed E-state index contributed by atoms with van der Waals surface area (Å²) in [6, 6.07) is 13.6. The van der Waals surface area contributed by atoms with Crippen molar-refractivity contribution in [2.75, 3.05) is 18.0 Å². The number of amides is 1. The summed E-state index contributed by atoms with van der Waals surface area (Å²) >= 11 is 0. The molecule has 1 atom stereocenters. The number of hydrogen-bond acceptors (Lipinski definition) is 6. The van der Waals surface area contributed by atoms with Crippen molar-refractivity contribution in [3.8, 4) is 5.75 Å². The van der Waals surface area contributed by atoms with Gasteiger partial charge in [0.05, 0.1) is 17.2 Å². The van der Waals surface area contributed by atoms with E-state index in [4.69, 9.17) is 15.2 Å². The maximum atomic E-state index is 11.9. The van der Waals surface area contributed by atoms with E-state index < -0.39 is 17.1 Å². The van der Waals surface area contributed by atoms with Crippen molar-refractivity contribution in [3.05, 3.63) is 64.2 Å². The number of ether oxygens (including phenoxy) is 2. The van der Waals surface area contributed by atoms with E-state index in [0.717, 1.165) is 5.56 Å². The normalized spacial score (nSPS) is 16.6. The number of rotatable bonds is 6. The summed E-state index contributed by atoms with van der Waals surface area (Å²) in [5.41, 5.74) is 6.71. The molecule has 25 heavy (non-hydrogen) atoms. The molecule has 130 valence electrons. The van der Waals surface area contributed by atoms with Crippen molar-refractivity contribution in [1.29, 1.82) is 0 Å². The zero-order valence-electron chi connectivity index (χ0n) is 13.3. The van der Waals surface area contributed by atoms with Crippen LogP contribution >= 0.6 is 0 Å². The molecule has 1 amide bonds. The van der Waals surface area contributed by atoms with E-state index in [1.165, 1.54) is 23.1 Å². The SMILES string of the molecule is NC[C@H]1CN(c2ccc([N+](=O)[O-])c(OCc3ccccc3)c2)C(=O)O1. The number of cyclic esters (lactones) is 1. The molecule has 1 aliphatic heterocycles. The third-order valence-corrected chi connectivity index (χ3v) is 3.83. The minimum Gasteiger partial charge on any atom is -0.482 e. The lowest BCUT2D eigenvalue weighted by Gasteiger charge is -2.15. The van der Waals surface area contributed by atoms with Gasteiger partial charge in [-0.1, -0.05) is 30.3 Å². The van der Waals surface area contributed by atoms with Crippen molar-refractivity contribution in [3.63, 3.8) is 0 Å². The van der Waals surface area contributed by atoms with Crippen LogP contribution in [0.5, 0.6) is 5.75 Å². The molecule has 0 bridgehead atoms. The van der Waals surface area contributed by atoms with E-state index in [9.17, 15) is 14.9 Å². The molecule has 1 heterocycles. The Morgan fingerprint density at radius 2 is 2.04 bits per heavy atom. The number of hydrogen-bond donors (Lipinski definition) is 1. The van der Waals surface area contributed by atoms with Crippen molar-refractivity contribution in [1.82, 2.24) is 0 Å². The Kier molecular flexibility index (Phi) is 4.80. The smallest absolute Gasteiger partial charge is 0.414 e. The van der Waals surface area contributed by atoms with Gasteiger partial charge >= 0.3 is 11.8 Å². The van der Waals surface area contributed by atoms with Crippen molar-refractivity contribution >= 4 is 17.5 Å². The number of nitro benzene ring substituents is 1. The summed E-state index contributed by atoms with van der Waals surface area (Å²) in [5, 5.41) is 11.2. The maximum absolute atomic E-state index is 11.9. The van der Waals surface area contributed by atoms with Crippen LogP contribution in [-0.4, -0.2) is 30.2 Å². The number of nitro groups is 1. The zero-order valence-corrected chi connectivity index (χ0v) is 13.3. The average Bonchev–Trinajstić information content (AvgIpc) is 3.01. The van der Waals surface area contributed by atoms with Gasteiger partial charge in [0.1, 0.15) is 12.7 Å². The van der Waals surface area contributed by atoms with E-state index in [1.54, 1.807) is 0 Å². The number of nitrogens with zero attached hydrogens (tertiary/aromatic N) is 2. The predicted molar refractivity (Wildman–Crippen MR) is 90.5 cm³/mol. The molecule has 0 aliphatic carbocycles. The molecule has 2 aromatic rings. The fourth-order valence-electron chi connectivity index (χ4n) is 2.53. The Bertz CT molecular complexity index is 781. The summed E-state index contributed by atoms with van der Waals surface area (Å²) in [5.74, 6) is 0.0929. The summed E-state index contributed by atoms with van der Waals surface area (Å²) in [6.07, 6.45) is -0.922. The molecular weight excluding hydrogens is 326 g/mol. The summed E-state index contributed by atoms with van der Waals surface area (Å²) < 4.78 is 10.7. The lowest BCUT2D eigenvalue weighted by atomic mass is 10.2. The van der Waals surface area contributed by atoms with Gasteiger partial charge in [-0.25, -0.2) is 4.79 Å². The summed E-state index contributed by atoms with van der Waals surface area (Å²) in [7, 11) is 0. The van der Waals surface area contributed by atoms with Crippen LogP contribution in [0.15, 0.2) is 48.5 Å². The number of carbonyl (C=O) groups excluding carboxylic acids is 1. The first-order chi connectivity index (χ1) is 12.1. The monoisotopic (exact) mass is 343 g/mol. The second kappa shape index (κ2) is 7.18. The van der Waals surface area contributed by atoms with Crippen LogP contribution in [0.25, 0.3) is 0 Å². The minimum atomic E-state index is -0.529.